The normalized spacial score (nSPS) is 11.4. The van der Waals surface area contributed by atoms with Crippen molar-refractivity contribution in [3.05, 3.63) is 68.7 Å². The van der Waals surface area contributed by atoms with Crippen molar-refractivity contribution in [1.82, 2.24) is 0 Å². The summed E-state index contributed by atoms with van der Waals surface area (Å²) in [4.78, 5) is 15.7. The molecular weight excluding hydrogens is 318 g/mol. The van der Waals surface area contributed by atoms with Crippen LogP contribution in [0, 0.1) is 0 Å². The molecule has 0 aliphatic heterocycles. The van der Waals surface area contributed by atoms with Crippen LogP contribution >= 0.6 is 11.3 Å². The van der Waals surface area contributed by atoms with Gasteiger partial charge in [-0.2, -0.15) is 0 Å². The number of rotatable bonds is 6. The topological polar surface area (TPSA) is 33.5 Å². The van der Waals surface area contributed by atoms with Crippen molar-refractivity contribution in [2.75, 3.05) is 18.0 Å². The lowest BCUT2D eigenvalue weighted by Gasteiger charge is -2.20. The van der Waals surface area contributed by atoms with Crippen LogP contribution in [0.3, 0.4) is 0 Å². The van der Waals surface area contributed by atoms with Crippen LogP contribution < -0.4 is 10.5 Å². The van der Waals surface area contributed by atoms with Gasteiger partial charge in [0.2, 0.25) is 0 Å². The summed E-state index contributed by atoms with van der Waals surface area (Å²) < 4.78 is 5.55. The molecule has 0 amide bonds. The molecule has 3 nitrogen and oxygen atoms in total. The molecule has 0 aliphatic carbocycles. The van der Waals surface area contributed by atoms with Crippen molar-refractivity contribution in [1.29, 1.82) is 0 Å². The second-order valence-corrected chi connectivity index (χ2v) is 6.55. The standard InChI is InChI=1S/C20H21NO2S/c1-3-21(4-2)17-11-10-15-13-16(20(22)23-19(15)14-17)7-5-8-18-9-6-12-24-18/h5-6,8-14H,3-4,7H2,1-2H3/b8-5+. The van der Waals surface area contributed by atoms with Crippen LogP contribution in [0.25, 0.3) is 17.0 Å². The van der Waals surface area contributed by atoms with Crippen LogP contribution in [0.4, 0.5) is 5.69 Å². The fourth-order valence-corrected chi connectivity index (χ4v) is 3.40. The lowest BCUT2D eigenvalue weighted by atomic mass is 10.1. The van der Waals surface area contributed by atoms with Crippen LogP contribution in [-0.4, -0.2) is 13.1 Å². The highest BCUT2D eigenvalue weighted by Gasteiger charge is 2.07. The zero-order chi connectivity index (χ0) is 16.9. The second kappa shape index (κ2) is 7.49. The summed E-state index contributed by atoms with van der Waals surface area (Å²) in [7, 11) is 0. The van der Waals surface area contributed by atoms with E-state index in [9.17, 15) is 4.79 Å². The molecule has 0 atom stereocenters. The van der Waals surface area contributed by atoms with E-state index in [1.807, 2.05) is 41.8 Å². The Labute approximate surface area is 145 Å². The third kappa shape index (κ3) is 3.60. The molecule has 0 bridgehead atoms. The summed E-state index contributed by atoms with van der Waals surface area (Å²) in [6.07, 6.45) is 4.62. The summed E-state index contributed by atoms with van der Waals surface area (Å²) in [5.74, 6) is 0. The van der Waals surface area contributed by atoms with Crippen molar-refractivity contribution in [2.24, 2.45) is 0 Å². The van der Waals surface area contributed by atoms with Gasteiger partial charge in [-0.15, -0.1) is 11.3 Å². The van der Waals surface area contributed by atoms with Gasteiger partial charge in [-0.1, -0.05) is 12.1 Å². The maximum absolute atomic E-state index is 12.2. The molecule has 4 heteroatoms. The number of hydrogen-bond acceptors (Lipinski definition) is 4. The Morgan fingerprint density at radius 1 is 1.17 bits per heavy atom. The summed E-state index contributed by atoms with van der Waals surface area (Å²) in [6.45, 7) is 6.09. The van der Waals surface area contributed by atoms with Gasteiger partial charge in [0.05, 0.1) is 0 Å². The molecule has 124 valence electrons. The van der Waals surface area contributed by atoms with E-state index < -0.39 is 0 Å². The minimum absolute atomic E-state index is 0.255. The van der Waals surface area contributed by atoms with E-state index >= 15 is 0 Å². The third-order valence-electron chi connectivity index (χ3n) is 4.08. The first-order chi connectivity index (χ1) is 11.7. The average molecular weight is 339 g/mol. The Morgan fingerprint density at radius 3 is 2.71 bits per heavy atom. The number of fused-ring (bicyclic) bond motifs is 1. The molecule has 3 aromatic rings. The number of nitrogens with zero attached hydrogens (tertiary/aromatic N) is 1. The first-order valence-corrected chi connectivity index (χ1v) is 9.11. The molecule has 0 radical (unpaired) electrons. The minimum atomic E-state index is -0.255. The minimum Gasteiger partial charge on any atom is -0.422 e. The van der Waals surface area contributed by atoms with E-state index in [2.05, 4.69) is 30.9 Å². The first kappa shape index (κ1) is 16.5. The van der Waals surface area contributed by atoms with Crippen molar-refractivity contribution in [3.63, 3.8) is 0 Å². The summed E-state index contributed by atoms with van der Waals surface area (Å²) in [6, 6.07) is 12.1. The monoisotopic (exact) mass is 339 g/mol. The highest BCUT2D eigenvalue weighted by molar-refractivity contribution is 7.10. The highest BCUT2D eigenvalue weighted by Crippen LogP contribution is 2.22. The second-order valence-electron chi connectivity index (χ2n) is 5.58. The molecule has 0 unspecified atom stereocenters. The van der Waals surface area contributed by atoms with Crippen molar-refractivity contribution in [3.8, 4) is 0 Å². The van der Waals surface area contributed by atoms with Gasteiger partial charge in [-0.05, 0) is 56.0 Å². The van der Waals surface area contributed by atoms with E-state index in [0.29, 0.717) is 17.6 Å². The molecule has 2 heterocycles. The lowest BCUT2D eigenvalue weighted by molar-refractivity contribution is 0.553. The quantitative estimate of drug-likeness (QED) is 0.595. The largest absolute Gasteiger partial charge is 0.422 e. The van der Waals surface area contributed by atoms with Gasteiger partial charge >= 0.3 is 5.63 Å². The third-order valence-corrected chi connectivity index (χ3v) is 4.92. The number of benzene rings is 1. The summed E-state index contributed by atoms with van der Waals surface area (Å²) >= 11 is 1.68. The van der Waals surface area contributed by atoms with Crippen LogP contribution in [-0.2, 0) is 6.42 Å². The Kier molecular flexibility index (Phi) is 5.16. The molecule has 2 aromatic heterocycles. The average Bonchev–Trinajstić information content (AvgIpc) is 3.10. The number of anilines is 1. The zero-order valence-electron chi connectivity index (χ0n) is 14.0. The van der Waals surface area contributed by atoms with E-state index in [4.69, 9.17) is 4.42 Å². The fourth-order valence-electron chi connectivity index (χ4n) is 2.76. The maximum Gasteiger partial charge on any atom is 0.339 e. The van der Waals surface area contributed by atoms with Crippen LogP contribution in [0.15, 0.2) is 57.1 Å². The molecule has 3 rings (SSSR count). The molecule has 0 saturated carbocycles. The SMILES string of the molecule is CCN(CC)c1ccc2cc(C/C=C/c3cccs3)c(=O)oc2c1. The molecule has 0 saturated heterocycles. The van der Waals surface area contributed by atoms with E-state index in [1.54, 1.807) is 11.3 Å². The van der Waals surface area contributed by atoms with E-state index in [-0.39, 0.29) is 5.63 Å². The van der Waals surface area contributed by atoms with Crippen molar-refractivity contribution < 1.29 is 4.42 Å². The Balaban J connectivity index is 1.87. The van der Waals surface area contributed by atoms with Crippen molar-refractivity contribution in [2.45, 2.75) is 20.3 Å². The van der Waals surface area contributed by atoms with Gasteiger partial charge in [0.1, 0.15) is 5.58 Å². The van der Waals surface area contributed by atoms with Crippen molar-refractivity contribution >= 4 is 34.1 Å². The maximum atomic E-state index is 12.2. The van der Waals surface area contributed by atoms with Crippen LogP contribution in [0.1, 0.15) is 24.3 Å². The first-order valence-electron chi connectivity index (χ1n) is 8.23. The lowest BCUT2D eigenvalue weighted by Crippen LogP contribution is -2.21. The fraction of sp³-hybridized carbons (Fsp3) is 0.250. The Hall–Kier alpha value is -2.33. The predicted octanol–water partition coefficient (Wildman–Crippen LogP) is 4.96. The molecular formula is C20H21NO2S. The molecule has 0 fully saturated rings. The van der Waals surface area contributed by atoms with Gasteiger partial charge in [0, 0.05) is 40.7 Å². The Bertz CT molecular complexity index is 890. The van der Waals surface area contributed by atoms with Gasteiger partial charge < -0.3 is 9.32 Å². The van der Waals surface area contributed by atoms with Gasteiger partial charge in [0.25, 0.3) is 0 Å². The zero-order valence-corrected chi connectivity index (χ0v) is 14.8. The Morgan fingerprint density at radius 2 is 2.00 bits per heavy atom. The van der Waals surface area contributed by atoms with Crippen LogP contribution in [0.5, 0.6) is 0 Å². The van der Waals surface area contributed by atoms with E-state index in [1.165, 1.54) is 4.88 Å². The number of allylic oxidation sites excluding steroid dienone is 1. The molecule has 0 aliphatic rings. The summed E-state index contributed by atoms with van der Waals surface area (Å²) in [5.41, 5.74) is 2.16. The molecule has 1 aromatic carbocycles. The van der Waals surface area contributed by atoms with Gasteiger partial charge in [0.15, 0.2) is 0 Å². The number of hydrogen-bond donors (Lipinski definition) is 0. The van der Waals surface area contributed by atoms with Crippen LogP contribution in [0.2, 0.25) is 0 Å². The predicted molar refractivity (Wildman–Crippen MR) is 103 cm³/mol. The summed E-state index contributed by atoms with van der Waals surface area (Å²) in [5, 5.41) is 3.00. The molecule has 24 heavy (non-hydrogen) atoms. The molecule has 0 N–H and O–H groups in total. The van der Waals surface area contributed by atoms with Gasteiger partial charge in [-0.25, -0.2) is 4.79 Å². The molecule has 0 spiro atoms. The van der Waals surface area contributed by atoms with Gasteiger partial charge in [-0.3, -0.25) is 0 Å². The number of thiophene rings is 1. The smallest absolute Gasteiger partial charge is 0.339 e. The highest BCUT2D eigenvalue weighted by atomic mass is 32.1. The van der Waals surface area contributed by atoms with E-state index in [0.717, 1.165) is 24.2 Å².